The van der Waals surface area contributed by atoms with Gasteiger partial charge >= 0.3 is 0 Å². The monoisotopic (exact) mass is 302 g/mol. The van der Waals surface area contributed by atoms with Gasteiger partial charge in [-0.05, 0) is 29.7 Å². The summed E-state index contributed by atoms with van der Waals surface area (Å²) < 4.78 is 0. The van der Waals surface area contributed by atoms with Crippen LogP contribution in [0.3, 0.4) is 0 Å². The number of rotatable bonds is 3. The molecule has 0 saturated carbocycles. The van der Waals surface area contributed by atoms with Crippen molar-refractivity contribution < 1.29 is 4.92 Å². The minimum Gasteiger partial charge on any atom is -0.367 e. The van der Waals surface area contributed by atoms with Gasteiger partial charge in [0.25, 0.3) is 5.69 Å². The van der Waals surface area contributed by atoms with Gasteiger partial charge in [-0.1, -0.05) is 24.3 Å². The van der Waals surface area contributed by atoms with Gasteiger partial charge in [-0.15, -0.1) is 11.6 Å². The van der Waals surface area contributed by atoms with E-state index in [0.29, 0.717) is 5.56 Å². The predicted octanol–water partition coefficient (Wildman–Crippen LogP) is 3.90. The van der Waals surface area contributed by atoms with Crippen LogP contribution in [-0.4, -0.2) is 11.5 Å². The van der Waals surface area contributed by atoms with Crippen LogP contribution in [0.15, 0.2) is 42.5 Å². The van der Waals surface area contributed by atoms with Gasteiger partial charge in [-0.25, -0.2) is 0 Å². The third kappa shape index (κ3) is 2.72. The molecule has 2 aromatic rings. The number of alkyl halides is 1. The number of hydrogen-bond acceptors (Lipinski definition) is 3. The molecule has 1 aliphatic heterocycles. The average Bonchev–Trinajstić information content (AvgIpc) is 2.53. The molecule has 0 aliphatic carbocycles. The van der Waals surface area contributed by atoms with E-state index in [-0.39, 0.29) is 16.5 Å². The van der Waals surface area contributed by atoms with Gasteiger partial charge in [0, 0.05) is 30.4 Å². The number of benzene rings is 2. The van der Waals surface area contributed by atoms with Crippen molar-refractivity contribution in [3.8, 4) is 0 Å². The van der Waals surface area contributed by atoms with E-state index in [1.807, 2.05) is 18.2 Å². The molecule has 0 saturated heterocycles. The summed E-state index contributed by atoms with van der Waals surface area (Å²) in [7, 11) is 0. The van der Waals surface area contributed by atoms with E-state index in [2.05, 4.69) is 23.1 Å². The highest BCUT2D eigenvalue weighted by Gasteiger charge is 2.19. The van der Waals surface area contributed by atoms with Crippen molar-refractivity contribution in [2.45, 2.75) is 18.8 Å². The highest BCUT2D eigenvalue weighted by atomic mass is 35.5. The van der Waals surface area contributed by atoms with Crippen LogP contribution in [0.2, 0.25) is 0 Å². The largest absolute Gasteiger partial charge is 0.367 e. The molecule has 0 amide bonds. The van der Waals surface area contributed by atoms with Gasteiger partial charge in [0.05, 0.1) is 10.8 Å². The molecule has 4 nitrogen and oxygen atoms in total. The fraction of sp³-hybridized carbons (Fsp3) is 0.250. The molecule has 1 aliphatic rings. The zero-order chi connectivity index (χ0) is 14.8. The van der Waals surface area contributed by atoms with Crippen molar-refractivity contribution >= 4 is 23.0 Å². The lowest BCUT2D eigenvalue weighted by Gasteiger charge is -2.31. The molecule has 0 fully saturated rings. The van der Waals surface area contributed by atoms with E-state index >= 15 is 0 Å². The molecule has 108 valence electrons. The summed E-state index contributed by atoms with van der Waals surface area (Å²) in [5.74, 6) is 0.147. The Morgan fingerprint density at radius 2 is 1.95 bits per heavy atom. The smallest absolute Gasteiger partial charge is 0.273 e. The second-order valence-corrected chi connectivity index (χ2v) is 5.41. The molecular weight excluding hydrogens is 288 g/mol. The first-order valence-corrected chi connectivity index (χ1v) is 7.37. The van der Waals surface area contributed by atoms with Crippen LogP contribution in [0.4, 0.5) is 11.4 Å². The normalized spacial score (nSPS) is 13.9. The summed E-state index contributed by atoms with van der Waals surface area (Å²) in [5, 5.41) is 11.0. The van der Waals surface area contributed by atoms with E-state index in [1.54, 1.807) is 6.07 Å². The van der Waals surface area contributed by atoms with Crippen molar-refractivity contribution in [2.75, 3.05) is 11.4 Å². The third-order valence-electron chi connectivity index (χ3n) is 3.90. The second kappa shape index (κ2) is 5.74. The van der Waals surface area contributed by atoms with E-state index < -0.39 is 0 Å². The van der Waals surface area contributed by atoms with E-state index in [1.165, 1.54) is 11.1 Å². The molecule has 0 aromatic heterocycles. The maximum absolute atomic E-state index is 11.0. The second-order valence-electron chi connectivity index (χ2n) is 5.14. The molecule has 2 aromatic carbocycles. The van der Waals surface area contributed by atoms with Crippen molar-refractivity contribution in [3.63, 3.8) is 0 Å². The molecule has 0 N–H and O–H groups in total. The maximum atomic E-state index is 11.0. The molecule has 3 rings (SSSR count). The first kappa shape index (κ1) is 13.9. The topological polar surface area (TPSA) is 46.4 Å². The minimum atomic E-state index is -0.382. The molecule has 0 atom stereocenters. The highest BCUT2D eigenvalue weighted by Crippen LogP contribution is 2.29. The number of nitrogens with zero attached hydrogens (tertiary/aromatic N) is 2. The van der Waals surface area contributed by atoms with Gasteiger partial charge in [-0.3, -0.25) is 10.1 Å². The molecule has 21 heavy (non-hydrogen) atoms. The highest BCUT2D eigenvalue weighted by molar-refractivity contribution is 6.17. The van der Waals surface area contributed by atoms with Gasteiger partial charge < -0.3 is 4.90 Å². The Kier molecular flexibility index (Phi) is 3.80. The fourth-order valence-corrected chi connectivity index (χ4v) is 2.98. The first-order chi connectivity index (χ1) is 10.2. The Hall–Kier alpha value is -2.07. The first-order valence-electron chi connectivity index (χ1n) is 6.84. The molecule has 1 heterocycles. The lowest BCUT2D eigenvalue weighted by Crippen LogP contribution is -2.30. The molecule has 0 unspecified atom stereocenters. The summed E-state index contributed by atoms with van der Waals surface area (Å²) in [6.45, 7) is 1.74. The van der Waals surface area contributed by atoms with Crippen LogP contribution in [0.1, 0.15) is 16.7 Å². The summed E-state index contributed by atoms with van der Waals surface area (Å²) in [6.07, 6.45) is 0.989. The Balaban J connectivity index is 1.90. The molecule has 5 heteroatoms. The Morgan fingerprint density at radius 1 is 1.19 bits per heavy atom. The lowest BCUT2D eigenvalue weighted by molar-refractivity contribution is -0.385. The fourth-order valence-electron chi connectivity index (χ4n) is 2.77. The average molecular weight is 303 g/mol. The summed E-state index contributed by atoms with van der Waals surface area (Å²) in [4.78, 5) is 12.8. The predicted molar refractivity (Wildman–Crippen MR) is 83.8 cm³/mol. The number of hydrogen-bond donors (Lipinski definition) is 0. The van der Waals surface area contributed by atoms with Crippen molar-refractivity contribution in [2.24, 2.45) is 0 Å². The van der Waals surface area contributed by atoms with Gasteiger partial charge in [-0.2, -0.15) is 0 Å². The zero-order valence-corrected chi connectivity index (χ0v) is 12.2. The quantitative estimate of drug-likeness (QED) is 0.491. The number of nitro benzene ring substituents is 1. The van der Waals surface area contributed by atoms with Crippen molar-refractivity contribution in [1.29, 1.82) is 0 Å². The van der Waals surface area contributed by atoms with Gasteiger partial charge in [0.2, 0.25) is 0 Å². The third-order valence-corrected chi connectivity index (χ3v) is 4.19. The van der Waals surface area contributed by atoms with Crippen LogP contribution in [-0.2, 0) is 18.8 Å². The minimum absolute atomic E-state index is 0.0890. The molecule has 0 bridgehead atoms. The van der Waals surface area contributed by atoms with Crippen molar-refractivity contribution in [3.05, 3.63) is 69.3 Å². The summed E-state index contributed by atoms with van der Waals surface area (Å²) in [5.41, 5.74) is 4.35. The van der Waals surface area contributed by atoms with Crippen LogP contribution >= 0.6 is 11.6 Å². The van der Waals surface area contributed by atoms with Crippen LogP contribution in [0.5, 0.6) is 0 Å². The van der Waals surface area contributed by atoms with Gasteiger partial charge in [0.1, 0.15) is 0 Å². The standard InChI is InChI=1S/C16H15ClN2O2/c17-10-14-9-15(5-6-16(14)19(20)21)18-8-7-12-3-1-2-4-13(12)11-18/h1-6,9H,7-8,10-11H2. The lowest BCUT2D eigenvalue weighted by atomic mass is 9.99. The number of halogens is 1. The Bertz CT molecular complexity index is 688. The molecule has 0 radical (unpaired) electrons. The number of nitro groups is 1. The molecular formula is C16H15ClN2O2. The number of anilines is 1. The van der Waals surface area contributed by atoms with Crippen LogP contribution < -0.4 is 4.90 Å². The van der Waals surface area contributed by atoms with Gasteiger partial charge in [0.15, 0.2) is 0 Å². The summed E-state index contributed by atoms with van der Waals surface area (Å²) >= 11 is 5.85. The van der Waals surface area contributed by atoms with Crippen LogP contribution in [0, 0.1) is 10.1 Å². The Labute approximate surface area is 128 Å². The zero-order valence-electron chi connectivity index (χ0n) is 11.5. The Morgan fingerprint density at radius 3 is 2.67 bits per heavy atom. The van der Waals surface area contributed by atoms with Crippen molar-refractivity contribution in [1.82, 2.24) is 0 Å². The SMILES string of the molecule is O=[N+]([O-])c1ccc(N2CCc3ccccc3C2)cc1CCl. The van der Waals surface area contributed by atoms with E-state index in [9.17, 15) is 10.1 Å². The molecule has 0 spiro atoms. The number of fused-ring (bicyclic) bond motifs is 1. The summed E-state index contributed by atoms with van der Waals surface area (Å²) in [6, 6.07) is 13.6. The van der Waals surface area contributed by atoms with E-state index in [4.69, 9.17) is 11.6 Å². The maximum Gasteiger partial charge on any atom is 0.273 e. The van der Waals surface area contributed by atoms with Crippen LogP contribution in [0.25, 0.3) is 0 Å². The van der Waals surface area contributed by atoms with E-state index in [0.717, 1.165) is 25.2 Å².